The van der Waals surface area contributed by atoms with Crippen LogP contribution in [-0.2, 0) is 7.05 Å². The molecule has 7 nitrogen and oxygen atoms in total. The first-order valence-corrected chi connectivity index (χ1v) is 5.75. The van der Waals surface area contributed by atoms with Gasteiger partial charge in [0.25, 0.3) is 0 Å². The fourth-order valence-corrected chi connectivity index (χ4v) is 2.32. The molecule has 2 aromatic heterocycles. The zero-order valence-corrected chi connectivity index (χ0v) is 9.63. The van der Waals surface area contributed by atoms with Gasteiger partial charge >= 0.3 is 0 Å². The lowest BCUT2D eigenvalue weighted by molar-refractivity contribution is 0.310. The van der Waals surface area contributed by atoms with Crippen LogP contribution in [0.15, 0.2) is 4.63 Å². The van der Waals surface area contributed by atoms with Crippen LogP contribution in [-0.4, -0.2) is 25.1 Å². The predicted octanol–water partition coefficient (Wildman–Crippen LogP) is 1.10. The molecule has 0 spiro atoms. The van der Waals surface area contributed by atoms with Crippen LogP contribution in [0.1, 0.15) is 37.4 Å². The monoisotopic (exact) mass is 234 g/mol. The van der Waals surface area contributed by atoms with Gasteiger partial charge in [0.05, 0.1) is 0 Å². The molecule has 0 amide bonds. The summed E-state index contributed by atoms with van der Waals surface area (Å²) in [6.45, 7) is 0. The van der Waals surface area contributed by atoms with Gasteiger partial charge in [-0.1, -0.05) is 12.8 Å². The van der Waals surface area contributed by atoms with E-state index < -0.39 is 0 Å². The number of rotatable bonds is 2. The number of aryl methyl sites for hydroxylation is 1. The van der Waals surface area contributed by atoms with Gasteiger partial charge in [0.1, 0.15) is 0 Å². The van der Waals surface area contributed by atoms with Crippen molar-refractivity contribution in [1.29, 1.82) is 0 Å². The normalized spacial score (nSPS) is 16.8. The Balaban J connectivity index is 1.98. The summed E-state index contributed by atoms with van der Waals surface area (Å²) < 4.78 is 6.27. The number of anilines is 1. The van der Waals surface area contributed by atoms with Crippen molar-refractivity contribution in [2.45, 2.75) is 31.6 Å². The quantitative estimate of drug-likeness (QED) is 0.836. The summed E-state index contributed by atoms with van der Waals surface area (Å²) in [7, 11) is 1.83. The maximum atomic E-state index is 5.66. The molecule has 7 heteroatoms. The summed E-state index contributed by atoms with van der Waals surface area (Å²) in [6.07, 6.45) is 4.84. The molecule has 3 rings (SSSR count). The minimum Gasteiger partial charge on any atom is -0.379 e. The van der Waals surface area contributed by atoms with E-state index in [1.165, 1.54) is 12.8 Å². The van der Waals surface area contributed by atoms with Gasteiger partial charge in [0, 0.05) is 13.0 Å². The Labute approximate surface area is 98.0 Å². The smallest absolute Gasteiger partial charge is 0.199 e. The summed E-state index contributed by atoms with van der Waals surface area (Å²) in [5, 5.41) is 11.7. The molecular weight excluding hydrogens is 220 g/mol. The Morgan fingerprint density at radius 2 is 2.06 bits per heavy atom. The fourth-order valence-electron chi connectivity index (χ4n) is 2.32. The Hall–Kier alpha value is -1.92. The van der Waals surface area contributed by atoms with Gasteiger partial charge < -0.3 is 5.73 Å². The SMILES string of the molecule is Cn1nc(C2CCCC2)nc1-c1nonc1N. The van der Waals surface area contributed by atoms with Crippen molar-refractivity contribution in [3.63, 3.8) is 0 Å². The molecule has 2 aromatic rings. The fraction of sp³-hybridized carbons (Fsp3) is 0.600. The number of nitrogens with zero attached hydrogens (tertiary/aromatic N) is 5. The topological polar surface area (TPSA) is 95.6 Å². The third-order valence-corrected chi connectivity index (χ3v) is 3.23. The second-order valence-electron chi connectivity index (χ2n) is 4.40. The van der Waals surface area contributed by atoms with Crippen LogP contribution < -0.4 is 5.73 Å². The van der Waals surface area contributed by atoms with Crippen LogP contribution in [0.25, 0.3) is 11.5 Å². The summed E-state index contributed by atoms with van der Waals surface area (Å²) in [6, 6.07) is 0. The van der Waals surface area contributed by atoms with Gasteiger partial charge in [-0.2, -0.15) is 5.10 Å². The molecule has 0 saturated heterocycles. The molecule has 0 bridgehead atoms. The first-order chi connectivity index (χ1) is 8.25. The van der Waals surface area contributed by atoms with Crippen molar-refractivity contribution in [3.8, 4) is 11.5 Å². The second kappa shape index (κ2) is 3.83. The standard InChI is InChI=1S/C10H14N6O/c1-16-10(7-8(11)15-17-14-7)12-9(13-16)6-4-2-3-5-6/h6H,2-5H2,1H3,(H2,11,15). The highest BCUT2D eigenvalue weighted by atomic mass is 16.6. The second-order valence-corrected chi connectivity index (χ2v) is 4.40. The minimum atomic E-state index is 0.249. The van der Waals surface area contributed by atoms with E-state index >= 15 is 0 Å². The van der Waals surface area contributed by atoms with Crippen LogP contribution in [0.4, 0.5) is 5.82 Å². The van der Waals surface area contributed by atoms with E-state index in [0.29, 0.717) is 17.4 Å². The van der Waals surface area contributed by atoms with Crippen LogP contribution >= 0.6 is 0 Å². The lowest BCUT2D eigenvalue weighted by Gasteiger charge is -2.00. The molecule has 17 heavy (non-hydrogen) atoms. The van der Waals surface area contributed by atoms with Crippen molar-refractivity contribution in [1.82, 2.24) is 25.1 Å². The number of nitrogens with two attached hydrogens (primary N) is 1. The van der Waals surface area contributed by atoms with Crippen molar-refractivity contribution in [2.75, 3.05) is 5.73 Å². The Morgan fingerprint density at radius 3 is 2.71 bits per heavy atom. The molecule has 1 aliphatic rings. The van der Waals surface area contributed by atoms with E-state index in [0.717, 1.165) is 18.7 Å². The molecule has 0 atom stereocenters. The molecule has 2 N–H and O–H groups in total. The lowest BCUT2D eigenvalue weighted by Crippen LogP contribution is -1.98. The van der Waals surface area contributed by atoms with E-state index in [-0.39, 0.29) is 5.82 Å². The Bertz CT molecular complexity index is 525. The van der Waals surface area contributed by atoms with Crippen molar-refractivity contribution >= 4 is 5.82 Å². The van der Waals surface area contributed by atoms with Gasteiger partial charge in [-0.15, -0.1) is 0 Å². The van der Waals surface area contributed by atoms with E-state index in [1.807, 2.05) is 7.05 Å². The van der Waals surface area contributed by atoms with Crippen LogP contribution in [0.3, 0.4) is 0 Å². The minimum absolute atomic E-state index is 0.249. The summed E-state index contributed by atoms with van der Waals surface area (Å²) in [5.41, 5.74) is 6.12. The zero-order valence-electron chi connectivity index (χ0n) is 9.63. The Morgan fingerprint density at radius 1 is 1.29 bits per heavy atom. The van der Waals surface area contributed by atoms with Gasteiger partial charge in [-0.05, 0) is 23.2 Å². The predicted molar refractivity (Wildman–Crippen MR) is 59.9 cm³/mol. The Kier molecular flexibility index (Phi) is 2.31. The lowest BCUT2D eigenvalue weighted by atomic mass is 10.1. The third kappa shape index (κ3) is 1.67. The van der Waals surface area contributed by atoms with Crippen molar-refractivity contribution in [3.05, 3.63) is 5.82 Å². The molecule has 0 unspecified atom stereocenters. The van der Waals surface area contributed by atoms with Gasteiger partial charge in [-0.25, -0.2) is 14.3 Å². The van der Waals surface area contributed by atoms with E-state index in [4.69, 9.17) is 5.73 Å². The molecule has 90 valence electrons. The highest BCUT2D eigenvalue weighted by Gasteiger charge is 2.24. The molecule has 0 aliphatic heterocycles. The number of nitrogen functional groups attached to an aromatic ring is 1. The molecule has 2 heterocycles. The maximum Gasteiger partial charge on any atom is 0.199 e. The molecule has 0 radical (unpaired) electrons. The van der Waals surface area contributed by atoms with Crippen LogP contribution in [0.2, 0.25) is 0 Å². The van der Waals surface area contributed by atoms with Gasteiger partial charge in [0.2, 0.25) is 0 Å². The molecule has 0 aromatic carbocycles. The summed E-state index contributed by atoms with van der Waals surface area (Å²) in [4.78, 5) is 4.50. The number of hydrogen-bond donors (Lipinski definition) is 1. The van der Waals surface area contributed by atoms with Crippen LogP contribution in [0.5, 0.6) is 0 Å². The first-order valence-electron chi connectivity index (χ1n) is 5.75. The average molecular weight is 234 g/mol. The molecule has 1 fully saturated rings. The van der Waals surface area contributed by atoms with Crippen molar-refractivity contribution in [2.24, 2.45) is 7.05 Å². The summed E-state index contributed by atoms with van der Waals surface area (Å²) in [5.74, 6) is 2.21. The summed E-state index contributed by atoms with van der Waals surface area (Å²) >= 11 is 0. The van der Waals surface area contributed by atoms with Crippen LogP contribution in [0, 0.1) is 0 Å². The third-order valence-electron chi connectivity index (χ3n) is 3.23. The number of hydrogen-bond acceptors (Lipinski definition) is 6. The zero-order chi connectivity index (χ0) is 11.8. The first kappa shape index (κ1) is 10.2. The van der Waals surface area contributed by atoms with Gasteiger partial charge in [-0.3, -0.25) is 0 Å². The maximum absolute atomic E-state index is 5.66. The molecule has 1 saturated carbocycles. The molecular formula is C10H14N6O. The highest BCUT2D eigenvalue weighted by Crippen LogP contribution is 2.33. The van der Waals surface area contributed by atoms with E-state index in [2.05, 4.69) is 25.0 Å². The largest absolute Gasteiger partial charge is 0.379 e. The number of aromatic nitrogens is 5. The highest BCUT2D eigenvalue weighted by molar-refractivity contribution is 5.62. The van der Waals surface area contributed by atoms with Gasteiger partial charge in [0.15, 0.2) is 23.2 Å². The average Bonchev–Trinajstić information content (AvgIpc) is 2.98. The van der Waals surface area contributed by atoms with Crippen molar-refractivity contribution < 1.29 is 4.63 Å². The van der Waals surface area contributed by atoms with E-state index in [1.54, 1.807) is 4.68 Å². The van der Waals surface area contributed by atoms with E-state index in [9.17, 15) is 0 Å². The molecule has 1 aliphatic carbocycles.